The van der Waals surface area contributed by atoms with Crippen LogP contribution in [0, 0.1) is 0 Å². The second-order valence-electron chi connectivity index (χ2n) is 4.70. The molecule has 0 aliphatic carbocycles. The minimum atomic E-state index is -3.63. The molecule has 2 heterocycles. The minimum absolute atomic E-state index is 0.0910. The van der Waals surface area contributed by atoms with Crippen LogP contribution in [0.2, 0.25) is 0 Å². The number of aromatic amines is 1. The zero-order valence-electron chi connectivity index (χ0n) is 12.1. The first kappa shape index (κ1) is 16.2. The van der Waals surface area contributed by atoms with Crippen LogP contribution in [-0.4, -0.2) is 34.7 Å². The van der Waals surface area contributed by atoms with Crippen molar-refractivity contribution in [2.45, 2.75) is 31.2 Å². The van der Waals surface area contributed by atoms with Crippen molar-refractivity contribution in [1.82, 2.24) is 24.5 Å². The SMILES string of the molecule is CCCn1cc(S(=O)(=O)NCCc2nc(N)cc(=O)[nH]2)cn1. The highest BCUT2D eigenvalue weighted by atomic mass is 32.2. The summed E-state index contributed by atoms with van der Waals surface area (Å²) in [6, 6.07) is 1.16. The summed E-state index contributed by atoms with van der Waals surface area (Å²) < 4.78 is 28.2. The number of nitrogen functional groups attached to an aromatic ring is 1. The summed E-state index contributed by atoms with van der Waals surface area (Å²) in [5.41, 5.74) is 5.09. The molecule has 0 fully saturated rings. The number of hydrogen-bond acceptors (Lipinski definition) is 6. The number of aromatic nitrogens is 4. The lowest BCUT2D eigenvalue weighted by atomic mass is 10.4. The predicted octanol–water partition coefficient (Wildman–Crippen LogP) is -0.520. The standard InChI is InChI=1S/C12H18N6O3S/c1-2-5-18-8-9(7-14-18)22(20,21)15-4-3-11-16-10(13)6-12(19)17-11/h6-8,15H,2-5H2,1H3,(H3,13,16,17,19). The molecule has 2 rings (SSSR count). The largest absolute Gasteiger partial charge is 0.383 e. The molecular weight excluding hydrogens is 308 g/mol. The monoisotopic (exact) mass is 326 g/mol. The first-order chi connectivity index (χ1) is 10.4. The van der Waals surface area contributed by atoms with Gasteiger partial charge >= 0.3 is 0 Å². The molecule has 2 aromatic heterocycles. The normalized spacial score (nSPS) is 11.7. The molecule has 0 spiro atoms. The Labute approximate surface area is 127 Å². The van der Waals surface area contributed by atoms with Crippen molar-refractivity contribution >= 4 is 15.8 Å². The molecule has 9 nitrogen and oxygen atoms in total. The van der Waals surface area contributed by atoms with Crippen LogP contribution in [0.25, 0.3) is 0 Å². The first-order valence-electron chi connectivity index (χ1n) is 6.78. The third kappa shape index (κ3) is 4.15. The summed E-state index contributed by atoms with van der Waals surface area (Å²) in [5, 5.41) is 3.98. The molecule has 2 aromatic rings. The van der Waals surface area contributed by atoms with Crippen molar-refractivity contribution in [3.05, 3.63) is 34.6 Å². The van der Waals surface area contributed by atoms with Crippen molar-refractivity contribution in [3.8, 4) is 0 Å². The van der Waals surface area contributed by atoms with Crippen LogP contribution in [0.1, 0.15) is 19.2 Å². The number of H-pyrrole nitrogens is 1. The van der Waals surface area contributed by atoms with Crippen LogP contribution in [0.5, 0.6) is 0 Å². The average molecular weight is 326 g/mol. The Morgan fingerprint density at radius 1 is 1.45 bits per heavy atom. The fourth-order valence-corrected chi connectivity index (χ4v) is 2.85. The van der Waals surface area contributed by atoms with Gasteiger partial charge in [0, 0.05) is 31.8 Å². The van der Waals surface area contributed by atoms with Gasteiger partial charge in [-0.2, -0.15) is 5.10 Å². The summed E-state index contributed by atoms with van der Waals surface area (Å²) in [5.74, 6) is 0.428. The van der Waals surface area contributed by atoms with Crippen molar-refractivity contribution < 1.29 is 8.42 Å². The number of nitrogens with two attached hydrogens (primary N) is 1. The number of rotatable bonds is 7. The zero-order chi connectivity index (χ0) is 16.2. The Hall–Kier alpha value is -2.20. The van der Waals surface area contributed by atoms with Crippen molar-refractivity contribution in [3.63, 3.8) is 0 Å². The Morgan fingerprint density at radius 2 is 2.23 bits per heavy atom. The summed E-state index contributed by atoms with van der Waals surface area (Å²) in [6.07, 6.45) is 3.87. The molecule has 4 N–H and O–H groups in total. The fourth-order valence-electron chi connectivity index (χ4n) is 1.87. The Bertz CT molecular complexity index is 795. The Balaban J connectivity index is 1.98. The third-order valence-corrected chi connectivity index (χ3v) is 4.25. The van der Waals surface area contributed by atoms with Gasteiger partial charge in [0.15, 0.2) is 0 Å². The van der Waals surface area contributed by atoms with Crippen LogP contribution >= 0.6 is 0 Å². The van der Waals surface area contributed by atoms with E-state index in [1.807, 2.05) is 6.92 Å². The van der Waals surface area contributed by atoms with Crippen molar-refractivity contribution in [2.75, 3.05) is 12.3 Å². The van der Waals surface area contributed by atoms with E-state index in [9.17, 15) is 13.2 Å². The molecule has 0 bridgehead atoms. The van der Waals surface area contributed by atoms with E-state index in [4.69, 9.17) is 5.73 Å². The van der Waals surface area contributed by atoms with Crippen LogP contribution in [-0.2, 0) is 23.0 Å². The lowest BCUT2D eigenvalue weighted by Gasteiger charge is -2.04. The van der Waals surface area contributed by atoms with E-state index >= 15 is 0 Å². The topological polar surface area (TPSA) is 136 Å². The molecule has 0 unspecified atom stereocenters. The second kappa shape index (κ2) is 6.71. The van der Waals surface area contributed by atoms with Gasteiger partial charge in [0.25, 0.3) is 5.56 Å². The lowest BCUT2D eigenvalue weighted by Crippen LogP contribution is -2.27. The highest BCUT2D eigenvalue weighted by molar-refractivity contribution is 7.89. The molecule has 10 heteroatoms. The number of hydrogen-bond donors (Lipinski definition) is 3. The molecule has 0 aromatic carbocycles. The van der Waals surface area contributed by atoms with Gasteiger partial charge < -0.3 is 10.7 Å². The van der Waals surface area contributed by atoms with Gasteiger partial charge in [-0.05, 0) is 6.42 Å². The highest BCUT2D eigenvalue weighted by Gasteiger charge is 2.16. The summed E-state index contributed by atoms with van der Waals surface area (Å²) in [4.78, 5) is 17.8. The third-order valence-electron chi connectivity index (χ3n) is 2.84. The summed E-state index contributed by atoms with van der Waals surface area (Å²) in [7, 11) is -3.63. The van der Waals surface area contributed by atoms with E-state index in [0.717, 1.165) is 12.5 Å². The quantitative estimate of drug-likeness (QED) is 0.626. The van der Waals surface area contributed by atoms with Gasteiger partial charge in [-0.25, -0.2) is 18.1 Å². The first-order valence-corrected chi connectivity index (χ1v) is 8.27. The van der Waals surface area contributed by atoms with Gasteiger partial charge in [0.2, 0.25) is 10.0 Å². The molecule has 0 amide bonds. The molecule has 0 atom stereocenters. The van der Waals surface area contributed by atoms with Crippen molar-refractivity contribution in [1.29, 1.82) is 0 Å². The molecule has 0 saturated carbocycles. The minimum Gasteiger partial charge on any atom is -0.383 e. The van der Waals surface area contributed by atoms with E-state index in [-0.39, 0.29) is 29.2 Å². The van der Waals surface area contributed by atoms with Gasteiger partial charge in [0.05, 0.1) is 6.20 Å². The maximum atomic E-state index is 12.1. The number of nitrogens with zero attached hydrogens (tertiary/aromatic N) is 3. The maximum absolute atomic E-state index is 12.1. The van der Waals surface area contributed by atoms with E-state index in [2.05, 4.69) is 19.8 Å². The number of nitrogens with one attached hydrogen (secondary N) is 2. The van der Waals surface area contributed by atoms with Crippen LogP contribution < -0.4 is 16.0 Å². The number of anilines is 1. The molecule has 120 valence electrons. The smallest absolute Gasteiger partial charge is 0.252 e. The van der Waals surface area contributed by atoms with Crippen LogP contribution in [0.3, 0.4) is 0 Å². The summed E-state index contributed by atoms with van der Waals surface area (Å²) in [6.45, 7) is 2.73. The van der Waals surface area contributed by atoms with Gasteiger partial charge in [-0.1, -0.05) is 6.92 Å². The van der Waals surface area contributed by atoms with Crippen LogP contribution in [0.15, 0.2) is 28.2 Å². The lowest BCUT2D eigenvalue weighted by molar-refractivity contribution is 0.578. The molecule has 22 heavy (non-hydrogen) atoms. The molecule has 0 saturated heterocycles. The van der Waals surface area contributed by atoms with E-state index in [0.29, 0.717) is 12.4 Å². The fraction of sp³-hybridized carbons (Fsp3) is 0.417. The second-order valence-corrected chi connectivity index (χ2v) is 6.47. The van der Waals surface area contributed by atoms with Gasteiger partial charge in [-0.3, -0.25) is 9.48 Å². The molecule has 0 radical (unpaired) electrons. The molecule has 0 aliphatic heterocycles. The maximum Gasteiger partial charge on any atom is 0.252 e. The van der Waals surface area contributed by atoms with E-state index in [1.165, 1.54) is 12.4 Å². The van der Waals surface area contributed by atoms with E-state index < -0.39 is 10.0 Å². The molecule has 0 aliphatic rings. The Kier molecular flexibility index (Phi) is 4.93. The highest BCUT2D eigenvalue weighted by Crippen LogP contribution is 2.07. The van der Waals surface area contributed by atoms with E-state index in [1.54, 1.807) is 4.68 Å². The van der Waals surface area contributed by atoms with Gasteiger partial charge in [-0.15, -0.1) is 0 Å². The molecular formula is C12H18N6O3S. The van der Waals surface area contributed by atoms with Crippen LogP contribution in [0.4, 0.5) is 5.82 Å². The Morgan fingerprint density at radius 3 is 2.91 bits per heavy atom. The van der Waals surface area contributed by atoms with Crippen molar-refractivity contribution in [2.24, 2.45) is 0 Å². The average Bonchev–Trinajstić information content (AvgIpc) is 2.87. The predicted molar refractivity (Wildman–Crippen MR) is 80.7 cm³/mol. The summed E-state index contributed by atoms with van der Waals surface area (Å²) >= 11 is 0. The number of sulfonamides is 1. The number of aryl methyl sites for hydroxylation is 1. The zero-order valence-corrected chi connectivity index (χ0v) is 12.9. The van der Waals surface area contributed by atoms with Gasteiger partial charge in [0.1, 0.15) is 16.5 Å².